The van der Waals surface area contributed by atoms with Gasteiger partial charge in [-0.3, -0.25) is 4.79 Å². The van der Waals surface area contributed by atoms with Gasteiger partial charge in [-0.05, 0) is 27.7 Å². The molecule has 1 fully saturated rings. The quantitative estimate of drug-likeness (QED) is 0.581. The number of imide groups is 1. The van der Waals surface area contributed by atoms with E-state index in [1.165, 1.54) is 0 Å². The van der Waals surface area contributed by atoms with Crippen LogP contribution in [0.15, 0.2) is 11.8 Å². The van der Waals surface area contributed by atoms with Gasteiger partial charge in [0.2, 0.25) is 0 Å². The molecule has 0 aromatic carbocycles. The summed E-state index contributed by atoms with van der Waals surface area (Å²) in [6.45, 7) is 6.94. The molecule has 1 rings (SSSR count). The van der Waals surface area contributed by atoms with Gasteiger partial charge in [-0.25, -0.2) is 14.5 Å². The van der Waals surface area contributed by atoms with E-state index in [2.05, 4.69) is 0 Å². The van der Waals surface area contributed by atoms with Crippen molar-refractivity contribution in [2.24, 2.45) is 0 Å². The van der Waals surface area contributed by atoms with Crippen LogP contribution in [0.2, 0.25) is 0 Å². The van der Waals surface area contributed by atoms with Crippen LogP contribution in [0.25, 0.3) is 0 Å². The highest BCUT2D eigenvalue weighted by atomic mass is 16.6. The summed E-state index contributed by atoms with van der Waals surface area (Å²) >= 11 is 0. The molecule has 0 radical (unpaired) electrons. The van der Waals surface area contributed by atoms with E-state index in [1.54, 1.807) is 52.9 Å². The first-order chi connectivity index (χ1) is 10.1. The molecule has 0 aliphatic carbocycles. The lowest BCUT2D eigenvalue weighted by Crippen LogP contribution is -2.46. The smallest absolute Gasteiger partial charge is 0.418 e. The number of ether oxygens (including phenoxy) is 2. The minimum Gasteiger partial charge on any atom is -0.464 e. The van der Waals surface area contributed by atoms with Crippen molar-refractivity contribution in [2.45, 2.75) is 45.8 Å². The Labute approximate surface area is 130 Å². The van der Waals surface area contributed by atoms with Gasteiger partial charge in [0, 0.05) is 32.3 Å². The SMILES string of the molecule is CCOC(=O)[C@H]1C/C(=C/N(C)C)C(=O)N1C(=O)OC(C)(C)C. The van der Waals surface area contributed by atoms with Gasteiger partial charge in [-0.1, -0.05) is 0 Å². The summed E-state index contributed by atoms with van der Waals surface area (Å²) in [5, 5.41) is 0. The number of nitrogens with zero attached hydrogens (tertiary/aromatic N) is 2. The Morgan fingerprint density at radius 3 is 2.41 bits per heavy atom. The van der Waals surface area contributed by atoms with Crippen molar-refractivity contribution in [3.63, 3.8) is 0 Å². The van der Waals surface area contributed by atoms with Crippen LogP contribution in [-0.2, 0) is 19.1 Å². The fraction of sp³-hybridized carbons (Fsp3) is 0.667. The molecule has 0 aromatic heterocycles. The topological polar surface area (TPSA) is 76.2 Å². The van der Waals surface area contributed by atoms with E-state index in [-0.39, 0.29) is 13.0 Å². The molecule has 0 saturated carbocycles. The zero-order valence-corrected chi connectivity index (χ0v) is 14.0. The van der Waals surface area contributed by atoms with Gasteiger partial charge < -0.3 is 14.4 Å². The molecule has 0 bridgehead atoms. The third-order valence-electron chi connectivity index (χ3n) is 2.78. The normalized spacial score (nSPS) is 20.3. The highest BCUT2D eigenvalue weighted by Crippen LogP contribution is 2.27. The van der Waals surface area contributed by atoms with Crippen molar-refractivity contribution in [1.82, 2.24) is 9.80 Å². The van der Waals surface area contributed by atoms with E-state index in [9.17, 15) is 14.4 Å². The lowest BCUT2D eigenvalue weighted by atomic mass is 10.1. The lowest BCUT2D eigenvalue weighted by Gasteiger charge is -2.26. The fourth-order valence-corrected chi connectivity index (χ4v) is 2.05. The van der Waals surface area contributed by atoms with Gasteiger partial charge in [-0.2, -0.15) is 0 Å². The summed E-state index contributed by atoms with van der Waals surface area (Å²) in [6.07, 6.45) is 0.881. The first kappa shape index (κ1) is 18.0. The molecule has 1 atom stereocenters. The molecular weight excluding hydrogens is 288 g/mol. The molecule has 2 amide bonds. The van der Waals surface area contributed by atoms with Gasteiger partial charge in [0.25, 0.3) is 5.91 Å². The van der Waals surface area contributed by atoms with Gasteiger partial charge >= 0.3 is 12.1 Å². The second-order valence-corrected chi connectivity index (χ2v) is 6.25. The van der Waals surface area contributed by atoms with E-state index < -0.39 is 29.6 Å². The molecule has 0 spiro atoms. The van der Waals surface area contributed by atoms with Crippen LogP contribution in [0, 0.1) is 0 Å². The van der Waals surface area contributed by atoms with Crippen LogP contribution in [0.5, 0.6) is 0 Å². The van der Waals surface area contributed by atoms with Crippen LogP contribution >= 0.6 is 0 Å². The Bertz CT molecular complexity index is 491. The highest BCUT2D eigenvalue weighted by Gasteiger charge is 2.46. The van der Waals surface area contributed by atoms with Crippen molar-refractivity contribution in [3.8, 4) is 0 Å². The summed E-state index contributed by atoms with van der Waals surface area (Å²) in [7, 11) is 3.52. The van der Waals surface area contributed by atoms with E-state index in [0.717, 1.165) is 4.90 Å². The predicted octanol–water partition coefficient (Wildman–Crippen LogP) is 1.53. The monoisotopic (exact) mass is 312 g/mol. The third kappa shape index (κ3) is 4.47. The third-order valence-corrected chi connectivity index (χ3v) is 2.78. The number of carbonyl (C=O) groups is 3. The van der Waals surface area contributed by atoms with E-state index in [1.807, 2.05) is 0 Å². The number of hydrogen-bond acceptors (Lipinski definition) is 6. The maximum atomic E-state index is 12.4. The van der Waals surface area contributed by atoms with E-state index in [4.69, 9.17) is 9.47 Å². The molecule has 0 N–H and O–H groups in total. The molecule has 1 saturated heterocycles. The average molecular weight is 312 g/mol. The molecule has 1 aliphatic rings. The van der Waals surface area contributed by atoms with Gasteiger partial charge in [-0.15, -0.1) is 0 Å². The van der Waals surface area contributed by atoms with Crippen molar-refractivity contribution >= 4 is 18.0 Å². The molecule has 22 heavy (non-hydrogen) atoms. The van der Waals surface area contributed by atoms with Crippen LogP contribution < -0.4 is 0 Å². The Balaban J connectivity index is 3.09. The van der Waals surface area contributed by atoms with Gasteiger partial charge in [0.05, 0.1) is 6.61 Å². The maximum Gasteiger partial charge on any atom is 0.418 e. The van der Waals surface area contributed by atoms with Crippen LogP contribution in [-0.4, -0.2) is 60.1 Å². The lowest BCUT2D eigenvalue weighted by molar-refractivity contribution is -0.150. The number of hydrogen-bond donors (Lipinski definition) is 0. The number of likely N-dealkylation sites (tertiary alicyclic amines) is 1. The van der Waals surface area contributed by atoms with E-state index >= 15 is 0 Å². The molecule has 0 unspecified atom stereocenters. The molecule has 1 aliphatic heterocycles. The molecule has 0 aromatic rings. The Kier molecular flexibility index (Phi) is 5.57. The maximum absolute atomic E-state index is 12.4. The highest BCUT2D eigenvalue weighted by molar-refractivity contribution is 6.08. The molecular formula is C15H24N2O5. The van der Waals surface area contributed by atoms with Crippen LogP contribution in [0.1, 0.15) is 34.1 Å². The van der Waals surface area contributed by atoms with Crippen LogP contribution in [0.4, 0.5) is 4.79 Å². The second kappa shape index (κ2) is 6.81. The number of amides is 2. The standard InChI is InChI=1S/C15H24N2O5/c1-7-21-13(19)11-8-10(9-16(5)6)12(18)17(11)14(20)22-15(2,3)4/h9,11H,7-8H2,1-6H3/b10-9-/t11-/m1/s1. The average Bonchev–Trinajstić information content (AvgIpc) is 2.64. The number of carbonyl (C=O) groups excluding carboxylic acids is 3. The molecule has 1 heterocycles. The van der Waals surface area contributed by atoms with Crippen molar-refractivity contribution in [3.05, 3.63) is 11.8 Å². The summed E-state index contributed by atoms with van der Waals surface area (Å²) in [6, 6.07) is -0.978. The fourth-order valence-electron chi connectivity index (χ4n) is 2.05. The van der Waals surface area contributed by atoms with Crippen molar-refractivity contribution in [2.75, 3.05) is 20.7 Å². The van der Waals surface area contributed by atoms with E-state index in [0.29, 0.717) is 5.57 Å². The predicted molar refractivity (Wildman–Crippen MR) is 79.9 cm³/mol. The molecule has 7 nitrogen and oxygen atoms in total. The molecule has 124 valence electrons. The largest absolute Gasteiger partial charge is 0.464 e. The molecule has 7 heteroatoms. The first-order valence-electron chi connectivity index (χ1n) is 7.17. The summed E-state index contributed by atoms with van der Waals surface area (Å²) in [4.78, 5) is 39.2. The van der Waals surface area contributed by atoms with Crippen molar-refractivity contribution < 1.29 is 23.9 Å². The first-order valence-corrected chi connectivity index (χ1v) is 7.17. The zero-order chi connectivity index (χ0) is 17.1. The minimum atomic E-state index is -0.978. The van der Waals surface area contributed by atoms with Crippen LogP contribution in [0.3, 0.4) is 0 Å². The Hall–Kier alpha value is -2.05. The van der Waals surface area contributed by atoms with Gasteiger partial charge in [0.1, 0.15) is 11.6 Å². The summed E-state index contributed by atoms with van der Waals surface area (Å²) in [5.41, 5.74) is -0.390. The number of esters is 1. The van der Waals surface area contributed by atoms with Crippen molar-refractivity contribution in [1.29, 1.82) is 0 Å². The number of rotatable bonds is 3. The minimum absolute atomic E-state index is 0.120. The summed E-state index contributed by atoms with van der Waals surface area (Å²) < 4.78 is 10.2. The Morgan fingerprint density at radius 2 is 1.95 bits per heavy atom. The zero-order valence-electron chi connectivity index (χ0n) is 14.0. The second-order valence-electron chi connectivity index (χ2n) is 6.25. The summed E-state index contributed by atoms with van der Waals surface area (Å²) in [5.74, 6) is -1.13. The van der Waals surface area contributed by atoms with Gasteiger partial charge in [0.15, 0.2) is 0 Å². The Morgan fingerprint density at radius 1 is 1.36 bits per heavy atom.